The van der Waals surface area contributed by atoms with Crippen LogP contribution in [0, 0.1) is 0 Å². The van der Waals surface area contributed by atoms with Gasteiger partial charge in [-0.25, -0.2) is 4.79 Å². The minimum Gasteiger partial charge on any atom is -0.385 e. The van der Waals surface area contributed by atoms with Gasteiger partial charge in [0.15, 0.2) is 0 Å². The van der Waals surface area contributed by atoms with Crippen molar-refractivity contribution in [2.24, 2.45) is 14.1 Å². The zero-order valence-corrected chi connectivity index (χ0v) is 9.40. The maximum absolute atomic E-state index is 11.7. The Balaban J connectivity index is 2.33. The maximum Gasteiger partial charge on any atom is 0.328 e. The monoisotopic (exact) mass is 218 g/mol. The van der Waals surface area contributed by atoms with Gasteiger partial charge in [0.25, 0.3) is 0 Å². The number of hydrogen-bond donors (Lipinski definition) is 1. The number of aromatic nitrogens is 2. The van der Waals surface area contributed by atoms with Crippen molar-refractivity contribution in [3.05, 3.63) is 34.2 Å². The third kappa shape index (κ3) is 1.10. The van der Waals surface area contributed by atoms with Crippen molar-refractivity contribution in [3.8, 4) is 0 Å². The molecule has 2 aromatic rings. The van der Waals surface area contributed by atoms with Gasteiger partial charge < -0.3 is 5.11 Å². The van der Waals surface area contributed by atoms with E-state index in [-0.39, 0.29) is 5.69 Å². The summed E-state index contributed by atoms with van der Waals surface area (Å²) in [7, 11) is 3.52. The summed E-state index contributed by atoms with van der Waals surface area (Å²) in [6.07, 6.45) is 1.64. The van der Waals surface area contributed by atoms with E-state index < -0.39 is 5.60 Å². The first-order valence-corrected chi connectivity index (χ1v) is 5.41. The molecule has 16 heavy (non-hydrogen) atoms. The molecule has 1 heterocycles. The fourth-order valence-electron chi connectivity index (χ4n) is 2.20. The van der Waals surface area contributed by atoms with E-state index in [1.54, 1.807) is 23.2 Å². The molecule has 84 valence electrons. The van der Waals surface area contributed by atoms with Crippen LogP contribution in [0.2, 0.25) is 0 Å². The second-order valence-electron chi connectivity index (χ2n) is 4.64. The van der Waals surface area contributed by atoms with Crippen LogP contribution in [0.3, 0.4) is 0 Å². The third-order valence-corrected chi connectivity index (χ3v) is 3.53. The molecule has 3 rings (SSSR count). The minimum absolute atomic E-state index is 0.0325. The van der Waals surface area contributed by atoms with Crippen molar-refractivity contribution in [2.75, 3.05) is 0 Å². The van der Waals surface area contributed by atoms with E-state index in [0.717, 1.165) is 29.4 Å². The van der Waals surface area contributed by atoms with E-state index in [0.29, 0.717) is 0 Å². The molecule has 1 aliphatic rings. The zero-order chi connectivity index (χ0) is 11.5. The second kappa shape index (κ2) is 2.77. The quantitative estimate of drug-likeness (QED) is 0.771. The van der Waals surface area contributed by atoms with Crippen LogP contribution in [0.15, 0.2) is 23.0 Å². The summed E-state index contributed by atoms with van der Waals surface area (Å²) in [5, 5.41) is 10.0. The van der Waals surface area contributed by atoms with Crippen molar-refractivity contribution in [1.82, 2.24) is 9.13 Å². The van der Waals surface area contributed by atoms with Gasteiger partial charge >= 0.3 is 5.69 Å². The van der Waals surface area contributed by atoms with Gasteiger partial charge in [-0.15, -0.1) is 0 Å². The second-order valence-corrected chi connectivity index (χ2v) is 4.64. The Morgan fingerprint density at radius 2 is 1.81 bits per heavy atom. The van der Waals surface area contributed by atoms with Gasteiger partial charge in [0, 0.05) is 14.1 Å². The van der Waals surface area contributed by atoms with E-state index in [9.17, 15) is 9.90 Å². The van der Waals surface area contributed by atoms with Gasteiger partial charge in [-0.3, -0.25) is 9.13 Å². The van der Waals surface area contributed by atoms with Gasteiger partial charge in [0.05, 0.1) is 16.6 Å². The molecule has 0 unspecified atom stereocenters. The molecule has 1 N–H and O–H groups in total. The Morgan fingerprint density at radius 3 is 2.44 bits per heavy atom. The van der Waals surface area contributed by atoms with E-state index in [2.05, 4.69) is 0 Å². The van der Waals surface area contributed by atoms with Crippen molar-refractivity contribution in [1.29, 1.82) is 0 Å². The van der Waals surface area contributed by atoms with Crippen LogP contribution in [0.4, 0.5) is 0 Å². The number of benzene rings is 1. The normalized spacial score (nSPS) is 17.9. The summed E-state index contributed by atoms with van der Waals surface area (Å²) in [6, 6.07) is 5.74. The molecule has 0 amide bonds. The number of fused-ring (bicyclic) bond motifs is 1. The topological polar surface area (TPSA) is 47.2 Å². The predicted molar refractivity (Wildman–Crippen MR) is 61.3 cm³/mol. The van der Waals surface area contributed by atoms with E-state index in [1.165, 1.54) is 0 Å². The summed E-state index contributed by atoms with van der Waals surface area (Å²) >= 11 is 0. The summed E-state index contributed by atoms with van der Waals surface area (Å²) in [5.74, 6) is 0. The summed E-state index contributed by atoms with van der Waals surface area (Å²) in [5.41, 5.74) is 2.03. The smallest absolute Gasteiger partial charge is 0.328 e. The van der Waals surface area contributed by atoms with Gasteiger partial charge in [0.1, 0.15) is 0 Å². The molecule has 1 fully saturated rings. The van der Waals surface area contributed by atoms with Gasteiger partial charge in [-0.1, -0.05) is 6.07 Å². The highest BCUT2D eigenvalue weighted by Gasteiger charge is 2.42. The van der Waals surface area contributed by atoms with E-state index >= 15 is 0 Å². The van der Waals surface area contributed by atoms with Crippen LogP contribution in [0.5, 0.6) is 0 Å². The molecule has 0 atom stereocenters. The molecular formula is C12H14N2O2. The van der Waals surface area contributed by atoms with Crippen molar-refractivity contribution in [2.45, 2.75) is 18.4 Å². The minimum atomic E-state index is -0.639. The fourth-order valence-corrected chi connectivity index (χ4v) is 2.20. The number of hydrogen-bond acceptors (Lipinski definition) is 2. The molecule has 1 aliphatic carbocycles. The van der Waals surface area contributed by atoms with Gasteiger partial charge in [0.2, 0.25) is 0 Å². The molecule has 1 aromatic heterocycles. The number of nitrogens with zero attached hydrogens (tertiary/aromatic N) is 2. The molecular weight excluding hydrogens is 204 g/mol. The Kier molecular flexibility index (Phi) is 1.67. The van der Waals surface area contributed by atoms with Crippen LogP contribution in [0.1, 0.15) is 18.4 Å². The molecule has 0 spiro atoms. The summed E-state index contributed by atoms with van der Waals surface area (Å²) < 4.78 is 3.24. The molecule has 0 bridgehead atoms. The first kappa shape index (κ1) is 9.66. The van der Waals surface area contributed by atoms with Crippen LogP contribution >= 0.6 is 0 Å². The molecule has 1 aromatic carbocycles. The maximum atomic E-state index is 11.7. The lowest BCUT2D eigenvalue weighted by atomic mass is 10.1. The van der Waals surface area contributed by atoms with Crippen molar-refractivity contribution >= 4 is 11.0 Å². The van der Waals surface area contributed by atoms with Gasteiger partial charge in [-0.2, -0.15) is 0 Å². The summed E-state index contributed by atoms with van der Waals surface area (Å²) in [4.78, 5) is 11.7. The highest BCUT2D eigenvalue weighted by molar-refractivity contribution is 5.77. The molecule has 4 nitrogen and oxygen atoms in total. The Bertz CT molecular complexity index is 632. The van der Waals surface area contributed by atoms with Crippen LogP contribution < -0.4 is 5.69 Å². The molecule has 1 saturated carbocycles. The third-order valence-electron chi connectivity index (χ3n) is 3.53. The Morgan fingerprint density at radius 1 is 1.19 bits per heavy atom. The van der Waals surface area contributed by atoms with Gasteiger partial charge in [-0.05, 0) is 30.5 Å². The first-order valence-electron chi connectivity index (χ1n) is 5.41. The SMILES string of the molecule is Cn1c(=O)n(C)c2cc(C3(O)CC3)ccc21. The van der Waals surface area contributed by atoms with Crippen LogP contribution in [0.25, 0.3) is 11.0 Å². The predicted octanol–water partition coefficient (Wildman–Crippen LogP) is 0.858. The Hall–Kier alpha value is -1.55. The van der Waals surface area contributed by atoms with Crippen LogP contribution in [-0.2, 0) is 19.7 Å². The number of imidazole rings is 1. The number of aliphatic hydroxyl groups is 1. The van der Waals surface area contributed by atoms with E-state index in [4.69, 9.17) is 0 Å². The first-order chi connectivity index (χ1) is 7.53. The highest BCUT2D eigenvalue weighted by Crippen LogP contribution is 2.45. The molecule has 0 aliphatic heterocycles. The molecule has 4 heteroatoms. The van der Waals surface area contributed by atoms with E-state index in [1.807, 2.05) is 18.2 Å². The average Bonchev–Trinajstić information content (AvgIpc) is 3.00. The Labute approximate surface area is 92.7 Å². The zero-order valence-electron chi connectivity index (χ0n) is 9.40. The largest absolute Gasteiger partial charge is 0.385 e. The van der Waals surface area contributed by atoms with Crippen molar-refractivity contribution < 1.29 is 5.11 Å². The fraction of sp³-hybridized carbons (Fsp3) is 0.417. The lowest BCUT2D eigenvalue weighted by Gasteiger charge is -2.08. The summed E-state index contributed by atoms with van der Waals surface area (Å²) in [6.45, 7) is 0. The van der Waals surface area contributed by atoms with Crippen LogP contribution in [-0.4, -0.2) is 14.2 Å². The number of rotatable bonds is 1. The number of aryl methyl sites for hydroxylation is 2. The standard InChI is InChI=1S/C12H14N2O2/c1-13-9-4-3-8(12(16)5-6-12)7-10(9)14(2)11(13)15/h3-4,7,16H,5-6H2,1-2H3. The molecule has 0 saturated heterocycles. The average molecular weight is 218 g/mol. The molecule has 0 radical (unpaired) electrons. The lowest BCUT2D eigenvalue weighted by molar-refractivity contribution is 0.151. The van der Waals surface area contributed by atoms with Crippen molar-refractivity contribution in [3.63, 3.8) is 0 Å². The lowest BCUT2D eigenvalue weighted by Crippen LogP contribution is -2.19. The highest BCUT2D eigenvalue weighted by atomic mass is 16.3.